The molecule has 0 bridgehead atoms. The minimum Gasteiger partial charge on any atom is -0.379 e. The van der Waals surface area contributed by atoms with Crippen molar-refractivity contribution in [1.82, 2.24) is 50.0 Å². The van der Waals surface area contributed by atoms with Crippen LogP contribution in [0.3, 0.4) is 0 Å². The van der Waals surface area contributed by atoms with Crippen LogP contribution in [0.1, 0.15) is 60.9 Å². The van der Waals surface area contributed by atoms with Gasteiger partial charge in [0.15, 0.2) is 11.5 Å². The number of hydrogen-bond acceptors (Lipinski definition) is 10. The third kappa shape index (κ3) is 8.00. The Balaban J connectivity index is 1.05. The highest BCUT2D eigenvalue weighted by Crippen LogP contribution is 2.37. The Kier molecular flexibility index (Phi) is 9.87. The Hall–Kier alpha value is -5.42. The van der Waals surface area contributed by atoms with Crippen LogP contribution in [0.15, 0.2) is 59.5 Å². The highest BCUT2D eigenvalue weighted by Gasteiger charge is 2.34. The standard InChI is InChI=1S/C36H39F3N10O4/c1-35(2,3)34-45-33(53-46-34)32(51)41-18-23-7-6-22(17-27(23)36(37,38)39)26-8-10-40-31-29(26)43-30(44-31)24-19-42-49(20-24)25-9-12-48(21-25)28(50)5-4-11-47-13-15-52-16-14-47/h4-8,10,17,19-20,25H,9,11-16,18,21H2,1-3H3,(H,41,51)(H,40,43,44)/b5-4+. The Morgan fingerprint density at radius 1 is 1.08 bits per heavy atom. The van der Waals surface area contributed by atoms with Gasteiger partial charge in [-0.1, -0.05) is 44.1 Å². The van der Waals surface area contributed by atoms with Gasteiger partial charge >= 0.3 is 18.0 Å². The predicted octanol–water partition coefficient (Wildman–Crippen LogP) is 4.78. The summed E-state index contributed by atoms with van der Waals surface area (Å²) < 4.78 is 55.3. The van der Waals surface area contributed by atoms with Crippen LogP contribution in [0.25, 0.3) is 33.7 Å². The molecule has 2 fully saturated rings. The molecule has 0 aliphatic carbocycles. The van der Waals surface area contributed by atoms with Gasteiger partial charge in [-0.15, -0.1) is 0 Å². The normalized spacial score (nSPS) is 17.3. The number of fused-ring (bicyclic) bond motifs is 1. The van der Waals surface area contributed by atoms with Gasteiger partial charge in [-0.05, 0) is 29.7 Å². The molecule has 7 rings (SSSR count). The van der Waals surface area contributed by atoms with Crippen molar-refractivity contribution in [2.24, 2.45) is 0 Å². The smallest absolute Gasteiger partial charge is 0.379 e. The van der Waals surface area contributed by atoms with Crippen molar-refractivity contribution >= 4 is 23.0 Å². The Bertz CT molecular complexity index is 2140. The molecule has 0 saturated carbocycles. The summed E-state index contributed by atoms with van der Waals surface area (Å²) in [6.07, 6.45) is 4.56. The van der Waals surface area contributed by atoms with Crippen LogP contribution in [0, 0.1) is 0 Å². The fourth-order valence-corrected chi connectivity index (χ4v) is 6.32. The molecule has 1 unspecified atom stereocenters. The van der Waals surface area contributed by atoms with Crippen LogP contribution in [0.5, 0.6) is 0 Å². The van der Waals surface area contributed by atoms with Crippen molar-refractivity contribution in [3.8, 4) is 22.5 Å². The number of carbonyl (C=O) groups excluding carboxylic acids is 2. The maximum Gasteiger partial charge on any atom is 0.416 e. The summed E-state index contributed by atoms with van der Waals surface area (Å²) in [4.78, 5) is 45.8. The number of imidazole rings is 1. The number of H-pyrrole nitrogens is 1. The van der Waals surface area contributed by atoms with Crippen LogP contribution < -0.4 is 5.32 Å². The maximum atomic E-state index is 14.4. The number of hydrogen-bond donors (Lipinski definition) is 2. The molecule has 0 spiro atoms. The van der Waals surface area contributed by atoms with E-state index in [-0.39, 0.29) is 29.0 Å². The molecule has 14 nitrogen and oxygen atoms in total. The van der Waals surface area contributed by atoms with Gasteiger partial charge in [0, 0.05) is 68.7 Å². The number of benzene rings is 1. The number of aromatic nitrogens is 7. The molecule has 2 aliphatic heterocycles. The molecule has 278 valence electrons. The van der Waals surface area contributed by atoms with Crippen molar-refractivity contribution in [2.75, 3.05) is 45.9 Å². The molecule has 2 amide bonds. The monoisotopic (exact) mass is 732 g/mol. The summed E-state index contributed by atoms with van der Waals surface area (Å²) in [6.45, 7) is 10.1. The van der Waals surface area contributed by atoms with Crippen LogP contribution in [-0.4, -0.2) is 102 Å². The number of rotatable bonds is 9. The van der Waals surface area contributed by atoms with Gasteiger partial charge in [0.25, 0.3) is 0 Å². The zero-order valence-corrected chi connectivity index (χ0v) is 29.5. The lowest BCUT2D eigenvalue weighted by Gasteiger charge is -2.25. The van der Waals surface area contributed by atoms with Gasteiger partial charge in [-0.3, -0.25) is 19.2 Å². The second kappa shape index (κ2) is 14.5. The lowest BCUT2D eigenvalue weighted by Crippen LogP contribution is -2.36. The molecule has 17 heteroatoms. The summed E-state index contributed by atoms with van der Waals surface area (Å²) in [5, 5.41) is 10.8. The first-order valence-corrected chi connectivity index (χ1v) is 17.3. The van der Waals surface area contributed by atoms with E-state index < -0.39 is 29.6 Å². The average molecular weight is 733 g/mol. The summed E-state index contributed by atoms with van der Waals surface area (Å²) in [5.74, 6) is -0.385. The topological polar surface area (TPSA) is 160 Å². The SMILES string of the molecule is CC(C)(C)c1noc(C(=O)NCc2ccc(-c3ccnc4[nH]c(-c5cnn(C6CCN(C(=O)/C=C/CN7CCOCC7)C6)c5)nc34)cc2C(F)(F)F)n1. The van der Waals surface area contributed by atoms with Gasteiger partial charge in [-0.25, -0.2) is 9.97 Å². The van der Waals surface area contributed by atoms with Gasteiger partial charge in [0.1, 0.15) is 11.3 Å². The fourth-order valence-electron chi connectivity index (χ4n) is 6.32. The minimum absolute atomic E-state index is 0.0181. The zero-order valence-electron chi connectivity index (χ0n) is 29.5. The van der Waals surface area contributed by atoms with Gasteiger partial charge in [-0.2, -0.15) is 23.3 Å². The number of morpholine rings is 1. The first-order chi connectivity index (χ1) is 25.3. The number of likely N-dealkylation sites (tertiary alicyclic amines) is 1. The van der Waals surface area contributed by atoms with Crippen molar-refractivity contribution < 1.29 is 32.0 Å². The van der Waals surface area contributed by atoms with Crippen LogP contribution in [0.2, 0.25) is 0 Å². The number of nitrogens with one attached hydrogen (secondary N) is 2. The largest absolute Gasteiger partial charge is 0.416 e. The van der Waals surface area contributed by atoms with Crippen molar-refractivity contribution in [2.45, 2.75) is 51.4 Å². The van der Waals surface area contributed by atoms with Crippen molar-refractivity contribution in [3.63, 3.8) is 0 Å². The highest BCUT2D eigenvalue weighted by atomic mass is 19.4. The number of carbonyl (C=O) groups is 2. The summed E-state index contributed by atoms with van der Waals surface area (Å²) in [6, 6.07) is 5.50. The number of pyridine rings is 1. The van der Waals surface area contributed by atoms with E-state index in [1.807, 2.05) is 42.6 Å². The third-order valence-electron chi connectivity index (χ3n) is 9.29. The number of alkyl halides is 3. The minimum atomic E-state index is -4.71. The fraction of sp³-hybridized carbons (Fsp3) is 0.417. The molecule has 2 N–H and O–H groups in total. The Morgan fingerprint density at radius 2 is 1.89 bits per heavy atom. The van der Waals surface area contributed by atoms with Gasteiger partial charge in [0.2, 0.25) is 5.91 Å². The van der Waals surface area contributed by atoms with E-state index >= 15 is 0 Å². The van der Waals surface area contributed by atoms with E-state index in [9.17, 15) is 22.8 Å². The molecule has 0 radical (unpaired) electrons. The molecule has 2 saturated heterocycles. The lowest BCUT2D eigenvalue weighted by molar-refractivity contribution is -0.138. The summed E-state index contributed by atoms with van der Waals surface area (Å²) in [7, 11) is 0. The number of ether oxygens (including phenoxy) is 1. The Labute approximate surface area is 302 Å². The van der Waals surface area contributed by atoms with Crippen LogP contribution >= 0.6 is 0 Å². The molecular weight excluding hydrogens is 693 g/mol. The molecule has 4 aromatic heterocycles. The number of halogens is 3. The molecular formula is C36H39F3N10O4. The molecule has 53 heavy (non-hydrogen) atoms. The molecule has 2 aliphatic rings. The molecule has 6 heterocycles. The molecule has 5 aromatic rings. The third-order valence-corrected chi connectivity index (χ3v) is 9.29. The second-order valence-electron chi connectivity index (χ2n) is 14.1. The van der Waals surface area contributed by atoms with E-state index in [4.69, 9.17) is 14.2 Å². The Morgan fingerprint density at radius 3 is 2.64 bits per heavy atom. The van der Waals surface area contributed by atoms with E-state index in [1.165, 1.54) is 12.3 Å². The van der Waals surface area contributed by atoms with E-state index in [1.54, 1.807) is 24.4 Å². The second-order valence-corrected chi connectivity index (χ2v) is 14.1. The quantitative estimate of drug-likeness (QED) is 0.202. The highest BCUT2D eigenvalue weighted by molar-refractivity contribution is 5.92. The van der Waals surface area contributed by atoms with Crippen molar-refractivity contribution in [1.29, 1.82) is 0 Å². The number of amides is 2. The van der Waals surface area contributed by atoms with Crippen LogP contribution in [-0.2, 0) is 27.7 Å². The lowest BCUT2D eigenvalue weighted by atomic mass is 9.96. The van der Waals surface area contributed by atoms with Crippen LogP contribution in [0.4, 0.5) is 13.2 Å². The number of aromatic amines is 1. The molecule has 1 aromatic carbocycles. The van der Waals surface area contributed by atoms with E-state index in [0.29, 0.717) is 66.8 Å². The maximum absolute atomic E-state index is 14.4. The average Bonchev–Trinajstić information content (AvgIpc) is 3.96. The van der Waals surface area contributed by atoms with E-state index in [0.717, 1.165) is 25.6 Å². The van der Waals surface area contributed by atoms with Gasteiger partial charge < -0.3 is 24.5 Å². The first kappa shape index (κ1) is 36.0. The summed E-state index contributed by atoms with van der Waals surface area (Å²) in [5.41, 5.74) is 0.647. The summed E-state index contributed by atoms with van der Waals surface area (Å²) >= 11 is 0. The number of nitrogens with zero attached hydrogens (tertiary/aromatic N) is 8. The van der Waals surface area contributed by atoms with Crippen molar-refractivity contribution in [3.05, 3.63) is 77.9 Å². The van der Waals surface area contributed by atoms with Gasteiger partial charge in [0.05, 0.1) is 36.6 Å². The molecule has 1 atom stereocenters. The zero-order chi connectivity index (χ0) is 37.3. The first-order valence-electron chi connectivity index (χ1n) is 17.3. The van der Waals surface area contributed by atoms with E-state index in [2.05, 4.69) is 35.4 Å². The predicted molar refractivity (Wildman–Crippen MR) is 186 cm³/mol.